The molecule has 24 heavy (non-hydrogen) atoms. The van der Waals surface area contributed by atoms with Crippen LogP contribution in [0.15, 0.2) is 48.8 Å². The Bertz CT molecular complexity index is 736. The normalized spacial score (nSPS) is 23.5. The second-order valence-corrected chi connectivity index (χ2v) is 6.99. The van der Waals surface area contributed by atoms with Crippen molar-refractivity contribution in [2.24, 2.45) is 0 Å². The first-order valence-corrected chi connectivity index (χ1v) is 8.79. The van der Waals surface area contributed by atoms with Crippen LogP contribution in [0.2, 0.25) is 5.02 Å². The number of aromatic nitrogens is 1. The monoisotopic (exact) mass is 341 g/mol. The van der Waals surface area contributed by atoms with Crippen molar-refractivity contribution < 1.29 is 4.79 Å². The molecule has 124 valence electrons. The number of halogens is 1. The molecule has 5 heteroatoms. The zero-order valence-corrected chi connectivity index (χ0v) is 14.2. The minimum Gasteiger partial charge on any atom is -0.334 e. The predicted octanol–water partition coefficient (Wildman–Crippen LogP) is 3.22. The van der Waals surface area contributed by atoms with Crippen molar-refractivity contribution in [1.82, 2.24) is 14.8 Å². The summed E-state index contributed by atoms with van der Waals surface area (Å²) >= 11 is 6.04. The van der Waals surface area contributed by atoms with Crippen LogP contribution in [0.4, 0.5) is 0 Å². The van der Waals surface area contributed by atoms with E-state index < -0.39 is 0 Å². The van der Waals surface area contributed by atoms with Gasteiger partial charge in [0.15, 0.2) is 0 Å². The SMILES string of the molecule is O=C(c1cccc(Cl)c1)N1CC[C@@H]2[C@@H]1CCN2Cc1cccnc1. The number of hydrogen-bond donors (Lipinski definition) is 0. The van der Waals surface area contributed by atoms with E-state index in [0.717, 1.165) is 32.5 Å². The molecule has 0 bridgehead atoms. The summed E-state index contributed by atoms with van der Waals surface area (Å²) in [5.74, 6) is 0.105. The molecule has 2 aliphatic rings. The third kappa shape index (κ3) is 2.92. The third-order valence-corrected chi connectivity index (χ3v) is 5.37. The quantitative estimate of drug-likeness (QED) is 0.860. The fraction of sp³-hybridized carbons (Fsp3) is 0.368. The number of carbonyl (C=O) groups excluding carboxylic acids is 1. The van der Waals surface area contributed by atoms with Gasteiger partial charge in [-0.15, -0.1) is 0 Å². The van der Waals surface area contributed by atoms with Crippen LogP contribution < -0.4 is 0 Å². The van der Waals surface area contributed by atoms with Crippen molar-refractivity contribution in [2.75, 3.05) is 13.1 Å². The Morgan fingerprint density at radius 2 is 2.04 bits per heavy atom. The second kappa shape index (κ2) is 6.54. The number of fused-ring (bicyclic) bond motifs is 1. The summed E-state index contributed by atoms with van der Waals surface area (Å²) in [6.07, 6.45) is 5.81. The Labute approximate surface area is 147 Å². The van der Waals surface area contributed by atoms with E-state index in [1.807, 2.05) is 29.3 Å². The summed E-state index contributed by atoms with van der Waals surface area (Å²) < 4.78 is 0. The number of hydrogen-bond acceptors (Lipinski definition) is 3. The lowest BCUT2D eigenvalue weighted by Crippen LogP contribution is -2.39. The molecule has 2 saturated heterocycles. The van der Waals surface area contributed by atoms with Gasteiger partial charge in [0.2, 0.25) is 0 Å². The van der Waals surface area contributed by atoms with Crippen LogP contribution in [-0.4, -0.2) is 45.9 Å². The predicted molar refractivity (Wildman–Crippen MR) is 93.9 cm³/mol. The van der Waals surface area contributed by atoms with Crippen molar-refractivity contribution in [3.8, 4) is 0 Å². The molecular weight excluding hydrogens is 322 g/mol. The van der Waals surface area contributed by atoms with Gasteiger partial charge in [0.25, 0.3) is 5.91 Å². The van der Waals surface area contributed by atoms with E-state index in [9.17, 15) is 4.79 Å². The largest absolute Gasteiger partial charge is 0.334 e. The Morgan fingerprint density at radius 3 is 2.83 bits per heavy atom. The lowest BCUT2D eigenvalue weighted by molar-refractivity contribution is 0.0732. The number of amides is 1. The molecule has 4 rings (SSSR count). The number of carbonyl (C=O) groups is 1. The Morgan fingerprint density at radius 1 is 1.17 bits per heavy atom. The van der Waals surface area contributed by atoms with Crippen LogP contribution in [0.25, 0.3) is 0 Å². The molecule has 2 atom stereocenters. The van der Waals surface area contributed by atoms with Gasteiger partial charge in [0.05, 0.1) is 0 Å². The fourth-order valence-electron chi connectivity index (χ4n) is 4.04. The lowest BCUT2D eigenvalue weighted by Gasteiger charge is -2.25. The average molecular weight is 342 g/mol. The summed E-state index contributed by atoms with van der Waals surface area (Å²) in [7, 11) is 0. The summed E-state index contributed by atoms with van der Waals surface area (Å²) in [5.41, 5.74) is 1.92. The molecule has 2 aromatic rings. The lowest BCUT2D eigenvalue weighted by atomic mass is 10.1. The molecule has 0 unspecified atom stereocenters. The highest BCUT2D eigenvalue weighted by Gasteiger charge is 2.44. The standard InChI is InChI=1S/C19H20ClN3O/c20-16-5-1-4-15(11-16)19(24)23-10-7-17-18(23)6-9-22(17)13-14-3-2-8-21-12-14/h1-5,8,11-12,17-18H,6-7,9-10,13H2/t17-,18+/m1/s1. The molecule has 0 N–H and O–H groups in total. The van der Waals surface area contributed by atoms with Crippen LogP contribution in [0.5, 0.6) is 0 Å². The highest BCUT2D eigenvalue weighted by molar-refractivity contribution is 6.30. The van der Waals surface area contributed by atoms with E-state index in [4.69, 9.17) is 11.6 Å². The molecule has 0 spiro atoms. The van der Waals surface area contributed by atoms with E-state index in [-0.39, 0.29) is 5.91 Å². The van der Waals surface area contributed by atoms with Crippen LogP contribution in [-0.2, 0) is 6.54 Å². The van der Waals surface area contributed by atoms with Crippen LogP contribution in [0, 0.1) is 0 Å². The first-order chi connectivity index (χ1) is 11.7. The summed E-state index contributed by atoms with van der Waals surface area (Å²) in [6, 6.07) is 12.1. The van der Waals surface area contributed by atoms with Crippen LogP contribution >= 0.6 is 11.6 Å². The maximum absolute atomic E-state index is 12.8. The first kappa shape index (κ1) is 15.6. The minimum absolute atomic E-state index is 0.105. The zero-order valence-electron chi connectivity index (χ0n) is 13.4. The van der Waals surface area contributed by atoms with E-state index in [2.05, 4.69) is 16.0 Å². The molecule has 0 radical (unpaired) electrons. The molecule has 1 amide bonds. The minimum atomic E-state index is 0.105. The van der Waals surface area contributed by atoms with Gasteiger partial charge in [0.1, 0.15) is 0 Å². The number of rotatable bonds is 3. The van der Waals surface area contributed by atoms with E-state index in [1.54, 1.807) is 18.3 Å². The summed E-state index contributed by atoms with van der Waals surface area (Å²) in [6.45, 7) is 2.77. The van der Waals surface area contributed by atoms with Gasteiger partial charge >= 0.3 is 0 Å². The maximum Gasteiger partial charge on any atom is 0.254 e. The molecule has 0 aliphatic carbocycles. The topological polar surface area (TPSA) is 36.4 Å². The molecule has 3 heterocycles. The van der Waals surface area contributed by atoms with Gasteiger partial charge in [-0.3, -0.25) is 14.7 Å². The fourth-order valence-corrected chi connectivity index (χ4v) is 4.23. The molecule has 2 fully saturated rings. The van der Waals surface area contributed by atoms with Crippen molar-refractivity contribution in [3.05, 3.63) is 64.9 Å². The van der Waals surface area contributed by atoms with Crippen molar-refractivity contribution in [2.45, 2.75) is 31.5 Å². The van der Waals surface area contributed by atoms with Gasteiger partial charge in [0, 0.05) is 54.7 Å². The molecule has 1 aromatic heterocycles. The summed E-state index contributed by atoms with van der Waals surface area (Å²) in [5, 5.41) is 0.612. The van der Waals surface area contributed by atoms with Gasteiger partial charge < -0.3 is 4.90 Å². The molecular formula is C19H20ClN3O. The van der Waals surface area contributed by atoms with Gasteiger partial charge in [-0.2, -0.15) is 0 Å². The number of benzene rings is 1. The van der Waals surface area contributed by atoms with E-state index in [0.29, 0.717) is 22.7 Å². The van der Waals surface area contributed by atoms with Crippen molar-refractivity contribution >= 4 is 17.5 Å². The van der Waals surface area contributed by atoms with E-state index in [1.165, 1.54) is 5.56 Å². The Balaban J connectivity index is 1.47. The molecule has 4 nitrogen and oxygen atoms in total. The van der Waals surface area contributed by atoms with Gasteiger partial charge in [-0.1, -0.05) is 23.7 Å². The smallest absolute Gasteiger partial charge is 0.254 e. The number of nitrogens with zero attached hydrogens (tertiary/aromatic N) is 3. The Hall–Kier alpha value is -1.91. The van der Waals surface area contributed by atoms with Crippen molar-refractivity contribution in [3.63, 3.8) is 0 Å². The highest BCUT2D eigenvalue weighted by Crippen LogP contribution is 2.33. The average Bonchev–Trinajstić information content (AvgIpc) is 3.18. The second-order valence-electron chi connectivity index (χ2n) is 6.55. The molecule has 0 saturated carbocycles. The van der Waals surface area contributed by atoms with Crippen molar-refractivity contribution in [1.29, 1.82) is 0 Å². The van der Waals surface area contributed by atoms with Gasteiger partial charge in [-0.25, -0.2) is 0 Å². The highest BCUT2D eigenvalue weighted by atomic mass is 35.5. The first-order valence-electron chi connectivity index (χ1n) is 8.42. The maximum atomic E-state index is 12.8. The molecule has 2 aliphatic heterocycles. The zero-order chi connectivity index (χ0) is 16.5. The number of pyridine rings is 1. The van der Waals surface area contributed by atoms with Crippen LogP contribution in [0.3, 0.4) is 0 Å². The Kier molecular flexibility index (Phi) is 4.25. The summed E-state index contributed by atoms with van der Waals surface area (Å²) in [4.78, 5) is 21.6. The van der Waals surface area contributed by atoms with E-state index >= 15 is 0 Å². The van der Waals surface area contributed by atoms with Gasteiger partial charge in [-0.05, 0) is 42.7 Å². The van der Waals surface area contributed by atoms with Crippen LogP contribution in [0.1, 0.15) is 28.8 Å². The third-order valence-electron chi connectivity index (χ3n) is 5.13. The molecule has 1 aromatic carbocycles. The number of likely N-dealkylation sites (tertiary alicyclic amines) is 2.